The molecule has 0 unspecified atom stereocenters. The van der Waals surface area contributed by atoms with Crippen LogP contribution in [0.2, 0.25) is 0 Å². The first kappa shape index (κ1) is 15.5. The third-order valence-electron chi connectivity index (χ3n) is 3.19. The fraction of sp³-hybridized carbons (Fsp3) is 1.00. The quantitative estimate of drug-likeness (QED) is 0.744. The fourth-order valence-corrected chi connectivity index (χ4v) is 3.63. The van der Waals surface area contributed by atoms with E-state index in [4.69, 9.17) is 0 Å². The Morgan fingerprint density at radius 2 is 1.82 bits per heavy atom. The van der Waals surface area contributed by atoms with Crippen molar-refractivity contribution in [2.45, 2.75) is 42.4 Å². The van der Waals surface area contributed by atoms with Gasteiger partial charge in [-0.05, 0) is 30.9 Å². The lowest BCUT2D eigenvalue weighted by molar-refractivity contribution is -0.0327. The van der Waals surface area contributed by atoms with Gasteiger partial charge in [-0.3, -0.25) is 0 Å². The zero-order valence-electron chi connectivity index (χ0n) is 10.1. The molecule has 1 saturated carbocycles. The lowest BCUT2D eigenvalue weighted by Gasteiger charge is -2.36. The van der Waals surface area contributed by atoms with E-state index in [1.807, 2.05) is 11.8 Å². The molecule has 1 N–H and O–H groups in total. The second kappa shape index (κ2) is 7.14. The van der Waals surface area contributed by atoms with Crippen LogP contribution in [0, 0.1) is 0 Å². The molecule has 0 aromatic heterocycles. The summed E-state index contributed by atoms with van der Waals surface area (Å²) in [4.78, 5) is 0. The molecule has 0 amide bonds. The van der Waals surface area contributed by atoms with Crippen LogP contribution in [0.15, 0.2) is 0 Å². The lowest BCUT2D eigenvalue weighted by atomic mass is 9.88. The van der Waals surface area contributed by atoms with Crippen LogP contribution in [0.5, 0.6) is 0 Å². The maximum atomic E-state index is 11.9. The maximum absolute atomic E-state index is 11.9. The van der Waals surface area contributed by atoms with Crippen LogP contribution < -0.4 is 5.32 Å². The smallest absolute Gasteiger partial charge is 0.315 e. The molecule has 0 radical (unpaired) electrons. The zero-order chi connectivity index (χ0) is 12.8. The summed E-state index contributed by atoms with van der Waals surface area (Å²) in [5.74, 6) is 0.105. The van der Waals surface area contributed by atoms with Crippen LogP contribution in [0.1, 0.15) is 32.1 Å². The van der Waals surface area contributed by atoms with Crippen LogP contribution in [-0.2, 0) is 0 Å². The Labute approximate surface area is 110 Å². The summed E-state index contributed by atoms with van der Waals surface area (Å²) in [5.41, 5.74) is -4.09. The van der Waals surface area contributed by atoms with Crippen LogP contribution in [0.25, 0.3) is 0 Å². The zero-order valence-corrected chi connectivity index (χ0v) is 11.7. The van der Waals surface area contributed by atoms with Gasteiger partial charge in [0.25, 0.3) is 0 Å². The lowest BCUT2D eigenvalue weighted by Crippen LogP contribution is -2.40. The summed E-state index contributed by atoms with van der Waals surface area (Å²) >= 11 is 1.92. The van der Waals surface area contributed by atoms with E-state index < -0.39 is 5.51 Å². The minimum Gasteiger partial charge on any atom is -0.315 e. The van der Waals surface area contributed by atoms with Crippen molar-refractivity contribution in [2.24, 2.45) is 0 Å². The predicted molar refractivity (Wildman–Crippen MR) is 70.7 cm³/mol. The molecule has 0 aliphatic heterocycles. The van der Waals surface area contributed by atoms with Gasteiger partial charge in [-0.25, -0.2) is 0 Å². The molecule has 102 valence electrons. The molecule has 0 atom stereocenters. The fourth-order valence-electron chi connectivity index (χ4n) is 2.20. The Morgan fingerprint density at radius 1 is 1.18 bits per heavy atom. The Morgan fingerprint density at radius 3 is 2.35 bits per heavy atom. The Kier molecular flexibility index (Phi) is 6.51. The largest absolute Gasteiger partial charge is 0.441 e. The molecular weight excluding hydrogens is 267 g/mol. The Balaban J connectivity index is 2.15. The molecule has 17 heavy (non-hydrogen) atoms. The van der Waals surface area contributed by atoms with Gasteiger partial charge in [0, 0.05) is 23.6 Å². The number of rotatable bonds is 6. The first-order valence-corrected chi connectivity index (χ1v) is 8.15. The Bertz CT molecular complexity index is 215. The van der Waals surface area contributed by atoms with Crippen molar-refractivity contribution in [3.05, 3.63) is 0 Å². The van der Waals surface area contributed by atoms with Gasteiger partial charge in [0.05, 0.1) is 0 Å². The first-order chi connectivity index (χ1) is 7.97. The van der Waals surface area contributed by atoms with Gasteiger partial charge in [-0.15, -0.1) is 0 Å². The minimum atomic E-state index is -4.09. The van der Waals surface area contributed by atoms with Gasteiger partial charge >= 0.3 is 5.51 Å². The van der Waals surface area contributed by atoms with E-state index in [-0.39, 0.29) is 22.3 Å². The van der Waals surface area contributed by atoms with E-state index in [1.165, 1.54) is 32.1 Å². The second-order valence-electron chi connectivity index (χ2n) is 4.42. The summed E-state index contributed by atoms with van der Waals surface area (Å²) in [6.07, 6.45) is 8.28. The number of alkyl halides is 3. The molecular formula is C11H20F3NS2. The minimum absolute atomic E-state index is 0.0574. The van der Waals surface area contributed by atoms with Crippen LogP contribution in [0.3, 0.4) is 0 Å². The van der Waals surface area contributed by atoms with Crippen molar-refractivity contribution in [2.75, 3.05) is 25.1 Å². The van der Waals surface area contributed by atoms with Crippen molar-refractivity contribution in [3.63, 3.8) is 0 Å². The molecule has 0 aromatic rings. The van der Waals surface area contributed by atoms with Gasteiger partial charge in [0.2, 0.25) is 0 Å². The van der Waals surface area contributed by atoms with E-state index in [1.54, 1.807) is 0 Å². The van der Waals surface area contributed by atoms with Gasteiger partial charge in [-0.2, -0.15) is 24.9 Å². The molecule has 1 nitrogen and oxygen atoms in total. The molecule has 1 rings (SSSR count). The number of nitrogens with one attached hydrogen (secondary N) is 1. The molecule has 1 aliphatic rings. The first-order valence-electron chi connectivity index (χ1n) is 5.94. The van der Waals surface area contributed by atoms with E-state index in [0.717, 1.165) is 6.54 Å². The molecule has 0 aromatic carbocycles. The van der Waals surface area contributed by atoms with E-state index in [0.29, 0.717) is 6.54 Å². The molecule has 0 heterocycles. The Hall–Kier alpha value is 0.450. The van der Waals surface area contributed by atoms with Crippen molar-refractivity contribution in [3.8, 4) is 0 Å². The molecule has 1 aliphatic carbocycles. The topological polar surface area (TPSA) is 12.0 Å². The highest BCUT2D eigenvalue weighted by Crippen LogP contribution is 2.38. The highest BCUT2D eigenvalue weighted by Gasteiger charge is 2.31. The van der Waals surface area contributed by atoms with Crippen molar-refractivity contribution in [1.82, 2.24) is 5.32 Å². The standard InChI is InChI=1S/C11H20F3NS2/c1-16-10(5-3-2-4-6-10)9-15-7-8-17-11(12,13)14/h15H,2-9H2,1H3. The molecule has 1 fully saturated rings. The summed E-state index contributed by atoms with van der Waals surface area (Å²) in [6.45, 7) is 1.28. The predicted octanol–water partition coefficient (Wildman–Crippen LogP) is 3.89. The number of thioether (sulfide) groups is 2. The van der Waals surface area contributed by atoms with E-state index in [9.17, 15) is 13.2 Å². The summed E-state index contributed by atoms with van der Waals surface area (Å²) < 4.78 is 36.0. The van der Waals surface area contributed by atoms with Gasteiger partial charge in [-0.1, -0.05) is 19.3 Å². The molecule has 0 saturated heterocycles. The van der Waals surface area contributed by atoms with Gasteiger partial charge < -0.3 is 5.32 Å². The molecule has 0 bridgehead atoms. The SMILES string of the molecule is CSC1(CNCCSC(F)(F)F)CCCCC1. The summed E-state index contributed by atoms with van der Waals surface area (Å²) in [5, 5.41) is 3.18. The monoisotopic (exact) mass is 287 g/mol. The normalized spacial score (nSPS) is 20.5. The highest BCUT2D eigenvalue weighted by atomic mass is 32.2. The third kappa shape index (κ3) is 6.25. The number of hydrogen-bond acceptors (Lipinski definition) is 3. The highest BCUT2D eigenvalue weighted by molar-refractivity contribution is 8.00. The van der Waals surface area contributed by atoms with Crippen molar-refractivity contribution < 1.29 is 13.2 Å². The van der Waals surface area contributed by atoms with Gasteiger partial charge in [0.1, 0.15) is 0 Å². The third-order valence-corrected chi connectivity index (χ3v) is 5.34. The molecule has 6 heteroatoms. The maximum Gasteiger partial charge on any atom is 0.441 e. The average Bonchev–Trinajstić information content (AvgIpc) is 2.28. The summed E-state index contributed by atoms with van der Waals surface area (Å²) in [7, 11) is 0. The van der Waals surface area contributed by atoms with E-state index >= 15 is 0 Å². The number of hydrogen-bond donors (Lipinski definition) is 1. The van der Waals surface area contributed by atoms with Gasteiger partial charge in [0.15, 0.2) is 0 Å². The average molecular weight is 287 g/mol. The van der Waals surface area contributed by atoms with Crippen LogP contribution in [-0.4, -0.2) is 35.4 Å². The second-order valence-corrected chi connectivity index (χ2v) is 6.85. The number of halogens is 3. The van der Waals surface area contributed by atoms with Crippen molar-refractivity contribution >= 4 is 23.5 Å². The summed E-state index contributed by atoms with van der Waals surface area (Å²) in [6, 6.07) is 0. The van der Waals surface area contributed by atoms with E-state index in [2.05, 4.69) is 11.6 Å². The van der Waals surface area contributed by atoms with Crippen LogP contribution in [0.4, 0.5) is 13.2 Å². The van der Waals surface area contributed by atoms with Crippen molar-refractivity contribution in [1.29, 1.82) is 0 Å². The van der Waals surface area contributed by atoms with Crippen LogP contribution >= 0.6 is 23.5 Å². The molecule has 0 spiro atoms.